The molecule has 9 heteroatoms. The van der Waals surface area contributed by atoms with Gasteiger partial charge in [0, 0.05) is 41.3 Å². The molecule has 0 radical (unpaired) electrons. The van der Waals surface area contributed by atoms with Crippen LogP contribution in [0.25, 0.3) is 0 Å². The van der Waals surface area contributed by atoms with Gasteiger partial charge in [-0.05, 0) is 48.5 Å². The van der Waals surface area contributed by atoms with Gasteiger partial charge in [0.05, 0.1) is 0 Å². The van der Waals surface area contributed by atoms with Crippen molar-refractivity contribution in [1.82, 2.24) is 15.0 Å². The van der Waals surface area contributed by atoms with Crippen LogP contribution < -0.4 is 21.3 Å². The van der Waals surface area contributed by atoms with Crippen LogP contribution in [-0.4, -0.2) is 34.3 Å². The summed E-state index contributed by atoms with van der Waals surface area (Å²) in [4.78, 5) is 14.2. The van der Waals surface area contributed by atoms with E-state index < -0.39 is 0 Å². The minimum Gasteiger partial charge on any atom is -0.388 e. The minimum absolute atomic E-state index is 0.438. The molecule has 2 aromatic carbocycles. The molecule has 140 valence electrons. The fraction of sp³-hybridized carbons (Fsp3) is 0.167. The number of rotatable bonds is 8. The van der Waals surface area contributed by atoms with Crippen LogP contribution in [0.15, 0.2) is 53.4 Å². The van der Waals surface area contributed by atoms with E-state index in [-0.39, 0.29) is 0 Å². The molecule has 0 aliphatic heterocycles. The van der Waals surface area contributed by atoms with E-state index in [1.54, 1.807) is 0 Å². The molecule has 0 bridgehead atoms. The van der Waals surface area contributed by atoms with E-state index in [0.29, 0.717) is 30.1 Å². The molecule has 0 spiro atoms. The zero-order valence-electron chi connectivity index (χ0n) is 14.8. The van der Waals surface area contributed by atoms with E-state index in [1.807, 2.05) is 55.6 Å². The van der Waals surface area contributed by atoms with E-state index in [4.69, 9.17) is 0 Å². The SMILES string of the molecule is CNc1ccc(Nc2nc(NCCS)nc(Nc3ccc(S)cc3)n2)cc1. The molecule has 0 atom stereocenters. The maximum Gasteiger partial charge on any atom is 0.233 e. The summed E-state index contributed by atoms with van der Waals surface area (Å²) in [5, 5.41) is 12.6. The van der Waals surface area contributed by atoms with Gasteiger partial charge in [0.1, 0.15) is 0 Å². The second-order valence-corrected chi connectivity index (χ2v) is 6.54. The van der Waals surface area contributed by atoms with Gasteiger partial charge in [-0.25, -0.2) is 0 Å². The van der Waals surface area contributed by atoms with Crippen LogP contribution in [-0.2, 0) is 0 Å². The summed E-state index contributed by atoms with van der Waals surface area (Å²) in [7, 11) is 1.88. The van der Waals surface area contributed by atoms with Crippen LogP contribution in [0.5, 0.6) is 0 Å². The summed E-state index contributed by atoms with van der Waals surface area (Å²) in [5.41, 5.74) is 2.77. The number of benzene rings is 2. The number of hydrogen-bond acceptors (Lipinski definition) is 9. The molecule has 0 saturated carbocycles. The predicted molar refractivity (Wildman–Crippen MR) is 118 cm³/mol. The third kappa shape index (κ3) is 5.66. The molecule has 0 unspecified atom stereocenters. The van der Waals surface area contributed by atoms with Crippen molar-refractivity contribution in [3.63, 3.8) is 0 Å². The lowest BCUT2D eigenvalue weighted by Crippen LogP contribution is -2.11. The molecule has 4 N–H and O–H groups in total. The van der Waals surface area contributed by atoms with Crippen LogP contribution in [0.3, 0.4) is 0 Å². The fourth-order valence-electron chi connectivity index (χ4n) is 2.26. The Morgan fingerprint density at radius 1 is 0.741 bits per heavy atom. The number of anilines is 6. The van der Waals surface area contributed by atoms with E-state index in [2.05, 4.69) is 61.5 Å². The second kappa shape index (κ2) is 9.33. The molecular weight excluding hydrogens is 378 g/mol. The van der Waals surface area contributed by atoms with Crippen molar-refractivity contribution in [1.29, 1.82) is 0 Å². The number of nitrogens with zero attached hydrogens (tertiary/aromatic N) is 3. The van der Waals surface area contributed by atoms with Crippen molar-refractivity contribution in [3.05, 3.63) is 48.5 Å². The lowest BCUT2D eigenvalue weighted by atomic mass is 10.3. The normalized spacial score (nSPS) is 10.3. The average molecular weight is 400 g/mol. The first-order valence-corrected chi connectivity index (χ1v) is 9.46. The maximum atomic E-state index is 4.46. The minimum atomic E-state index is 0.438. The van der Waals surface area contributed by atoms with Crippen molar-refractivity contribution in [2.45, 2.75) is 4.90 Å². The summed E-state index contributed by atoms with van der Waals surface area (Å²) in [6.45, 7) is 0.650. The van der Waals surface area contributed by atoms with Crippen molar-refractivity contribution in [2.75, 3.05) is 40.6 Å². The Morgan fingerprint density at radius 2 is 1.22 bits per heavy atom. The Kier molecular flexibility index (Phi) is 6.61. The average Bonchev–Trinajstić information content (AvgIpc) is 2.69. The standard InChI is InChI=1S/C18H21N7S2/c1-19-12-2-4-13(5-3-12)21-17-23-16(20-10-11-26)24-18(25-17)22-14-6-8-15(27)9-7-14/h2-9,19,26-27H,10-11H2,1H3,(H3,20,21,22,23,24,25). The first-order chi connectivity index (χ1) is 13.2. The molecule has 0 aliphatic carbocycles. The first-order valence-electron chi connectivity index (χ1n) is 8.38. The van der Waals surface area contributed by atoms with Crippen molar-refractivity contribution >= 4 is 60.2 Å². The molecule has 1 aromatic heterocycles. The lowest BCUT2D eigenvalue weighted by molar-refractivity contribution is 1.03. The Morgan fingerprint density at radius 3 is 1.74 bits per heavy atom. The zero-order valence-corrected chi connectivity index (χ0v) is 16.6. The molecule has 0 saturated heterocycles. The Hall–Kier alpha value is -2.65. The molecule has 0 amide bonds. The summed E-state index contributed by atoms with van der Waals surface area (Å²) in [6.07, 6.45) is 0. The highest BCUT2D eigenvalue weighted by Crippen LogP contribution is 2.20. The van der Waals surface area contributed by atoms with Crippen LogP contribution >= 0.6 is 25.3 Å². The zero-order chi connectivity index (χ0) is 19.1. The molecule has 3 rings (SSSR count). The summed E-state index contributed by atoms with van der Waals surface area (Å²) >= 11 is 8.51. The fourth-order valence-corrected chi connectivity index (χ4v) is 2.52. The number of hydrogen-bond donors (Lipinski definition) is 6. The summed E-state index contributed by atoms with van der Waals surface area (Å²) < 4.78 is 0. The Bertz CT molecular complexity index is 870. The van der Waals surface area contributed by atoms with Crippen LogP contribution in [0.2, 0.25) is 0 Å². The van der Waals surface area contributed by atoms with Gasteiger partial charge >= 0.3 is 0 Å². The highest BCUT2D eigenvalue weighted by atomic mass is 32.1. The Labute approximate surface area is 169 Å². The molecule has 0 aliphatic rings. The van der Waals surface area contributed by atoms with E-state index in [1.165, 1.54) is 0 Å². The van der Waals surface area contributed by atoms with Gasteiger partial charge < -0.3 is 21.3 Å². The van der Waals surface area contributed by atoms with Crippen LogP contribution in [0.4, 0.5) is 34.9 Å². The van der Waals surface area contributed by atoms with E-state index in [0.717, 1.165) is 22.0 Å². The molecular formula is C18H21N7S2. The van der Waals surface area contributed by atoms with Crippen LogP contribution in [0, 0.1) is 0 Å². The van der Waals surface area contributed by atoms with Gasteiger partial charge in [-0.2, -0.15) is 27.6 Å². The van der Waals surface area contributed by atoms with Crippen molar-refractivity contribution in [3.8, 4) is 0 Å². The molecule has 27 heavy (non-hydrogen) atoms. The number of nitrogens with one attached hydrogen (secondary N) is 4. The number of aromatic nitrogens is 3. The van der Waals surface area contributed by atoms with Gasteiger partial charge in [0.15, 0.2) is 0 Å². The quantitative estimate of drug-likeness (QED) is 0.319. The third-order valence-corrected chi connectivity index (χ3v) is 4.11. The molecule has 1 heterocycles. The smallest absolute Gasteiger partial charge is 0.233 e. The largest absolute Gasteiger partial charge is 0.388 e. The van der Waals surface area contributed by atoms with Gasteiger partial charge in [-0.1, -0.05) is 0 Å². The highest BCUT2D eigenvalue weighted by molar-refractivity contribution is 7.80. The molecule has 3 aromatic rings. The summed E-state index contributed by atoms with van der Waals surface area (Å²) in [5.74, 6) is 2.03. The topological polar surface area (TPSA) is 86.8 Å². The van der Waals surface area contributed by atoms with Gasteiger partial charge in [0.2, 0.25) is 17.8 Å². The number of thiol groups is 2. The highest BCUT2D eigenvalue weighted by Gasteiger charge is 2.07. The maximum absolute atomic E-state index is 4.46. The molecule has 0 fully saturated rings. The van der Waals surface area contributed by atoms with Crippen molar-refractivity contribution < 1.29 is 0 Å². The van der Waals surface area contributed by atoms with Gasteiger partial charge in [-0.15, -0.1) is 12.6 Å². The Balaban J connectivity index is 1.83. The van der Waals surface area contributed by atoms with Gasteiger partial charge in [0.25, 0.3) is 0 Å². The lowest BCUT2D eigenvalue weighted by Gasteiger charge is -2.11. The van der Waals surface area contributed by atoms with Crippen molar-refractivity contribution in [2.24, 2.45) is 0 Å². The molecule has 7 nitrogen and oxygen atoms in total. The first kappa shape index (κ1) is 19.1. The summed E-state index contributed by atoms with van der Waals surface area (Å²) in [6, 6.07) is 15.5. The van der Waals surface area contributed by atoms with Crippen LogP contribution in [0.1, 0.15) is 0 Å². The second-order valence-electron chi connectivity index (χ2n) is 5.58. The predicted octanol–water partition coefficient (Wildman–Crippen LogP) is 4.03. The third-order valence-electron chi connectivity index (χ3n) is 3.58. The van der Waals surface area contributed by atoms with E-state index in [9.17, 15) is 0 Å². The van der Waals surface area contributed by atoms with Gasteiger partial charge in [-0.3, -0.25) is 0 Å². The van der Waals surface area contributed by atoms with E-state index >= 15 is 0 Å². The monoisotopic (exact) mass is 399 g/mol.